The maximum absolute atomic E-state index is 14.8. The minimum Gasteiger partial charge on any atom is -0.342 e. The first-order valence-electron chi connectivity index (χ1n) is 15.4. The van der Waals surface area contributed by atoms with Gasteiger partial charge >= 0.3 is 0 Å². The molecule has 0 unspecified atom stereocenters. The molecule has 7 heteroatoms. The zero-order valence-corrected chi connectivity index (χ0v) is 26.0. The van der Waals surface area contributed by atoms with Crippen LogP contribution in [-0.4, -0.2) is 34.6 Å². The Morgan fingerprint density at radius 1 is 0.884 bits per heavy atom. The summed E-state index contributed by atoms with van der Waals surface area (Å²) in [5.41, 5.74) is 4.07. The fourth-order valence-electron chi connectivity index (χ4n) is 6.33. The first-order valence-corrected chi connectivity index (χ1v) is 16.2. The zero-order chi connectivity index (χ0) is 29.9. The van der Waals surface area contributed by atoms with Crippen LogP contribution in [0.2, 0.25) is 0 Å². The molecule has 0 saturated carbocycles. The summed E-state index contributed by atoms with van der Waals surface area (Å²) in [6.45, 7) is 5.98. The number of fused-ring (bicyclic) bond motifs is 3. The van der Waals surface area contributed by atoms with E-state index in [4.69, 9.17) is 4.98 Å². The smallest absolute Gasteiger partial charge is 0.268 e. The lowest BCUT2D eigenvalue weighted by molar-refractivity contribution is 0.185. The van der Waals surface area contributed by atoms with Gasteiger partial charge in [-0.3, -0.25) is 9.69 Å². The number of aromatic nitrogens is 2. The Hall–Kier alpha value is -3.81. The van der Waals surface area contributed by atoms with Crippen molar-refractivity contribution >= 4 is 27.5 Å². The van der Waals surface area contributed by atoms with Crippen LogP contribution in [0.25, 0.3) is 15.9 Å². The summed E-state index contributed by atoms with van der Waals surface area (Å²) in [5, 5.41) is 0.689. The molecule has 0 radical (unpaired) electrons. The molecule has 43 heavy (non-hydrogen) atoms. The van der Waals surface area contributed by atoms with Crippen molar-refractivity contribution in [3.63, 3.8) is 0 Å². The van der Waals surface area contributed by atoms with Gasteiger partial charge in [-0.15, -0.1) is 11.3 Å². The minimum absolute atomic E-state index is 0.00670. The molecule has 1 aliphatic rings. The summed E-state index contributed by atoms with van der Waals surface area (Å²) in [6.07, 6.45) is 4.81. The highest BCUT2D eigenvalue weighted by Crippen LogP contribution is 2.48. The third-order valence-corrected chi connectivity index (χ3v) is 9.79. The molecule has 222 valence electrons. The topological polar surface area (TPSA) is 41.4 Å². The highest BCUT2D eigenvalue weighted by molar-refractivity contribution is 7.19. The molecule has 0 N–H and O–H groups in total. The van der Waals surface area contributed by atoms with Gasteiger partial charge in [-0.1, -0.05) is 87.4 Å². The molecule has 0 spiro atoms. The van der Waals surface area contributed by atoms with Crippen LogP contribution in [0.5, 0.6) is 0 Å². The summed E-state index contributed by atoms with van der Waals surface area (Å²) in [5.74, 6) is 0.322. The molecule has 3 heterocycles. The number of nitrogens with zero attached hydrogens (tertiary/aromatic N) is 4. The van der Waals surface area contributed by atoms with Crippen LogP contribution >= 0.6 is 11.3 Å². The van der Waals surface area contributed by atoms with Gasteiger partial charge in [-0.25, -0.2) is 13.9 Å². The Morgan fingerprint density at radius 3 is 2.09 bits per heavy atom. The Bertz CT molecular complexity index is 1730. The van der Waals surface area contributed by atoms with Crippen LogP contribution in [0.4, 0.5) is 10.3 Å². The van der Waals surface area contributed by atoms with E-state index in [-0.39, 0.29) is 23.5 Å². The molecule has 6 rings (SSSR count). The Labute approximate surface area is 257 Å². The van der Waals surface area contributed by atoms with Gasteiger partial charge in [0.05, 0.1) is 17.1 Å². The lowest BCUT2D eigenvalue weighted by Crippen LogP contribution is -2.36. The normalized spacial score (nSPS) is 16.8. The van der Waals surface area contributed by atoms with E-state index in [1.807, 2.05) is 12.1 Å². The monoisotopic (exact) mass is 594 g/mol. The molecule has 0 aliphatic carbocycles. The Morgan fingerprint density at radius 2 is 1.49 bits per heavy atom. The third kappa shape index (κ3) is 5.64. The maximum atomic E-state index is 14.8. The van der Waals surface area contributed by atoms with Crippen LogP contribution in [0.3, 0.4) is 0 Å². The predicted octanol–water partition coefficient (Wildman–Crippen LogP) is 8.31. The number of anilines is 1. The first-order chi connectivity index (χ1) is 21.0. The van der Waals surface area contributed by atoms with Crippen molar-refractivity contribution in [1.29, 1.82) is 0 Å². The van der Waals surface area contributed by atoms with E-state index in [0.29, 0.717) is 23.4 Å². The van der Waals surface area contributed by atoms with E-state index in [1.54, 1.807) is 28.0 Å². The Balaban J connectivity index is 1.62. The highest BCUT2D eigenvalue weighted by Gasteiger charge is 2.38. The summed E-state index contributed by atoms with van der Waals surface area (Å²) in [7, 11) is 2.19. The first kappa shape index (κ1) is 29.3. The number of halogens is 1. The van der Waals surface area contributed by atoms with E-state index >= 15 is 0 Å². The van der Waals surface area contributed by atoms with Crippen LogP contribution in [0.1, 0.15) is 73.2 Å². The number of thiophene rings is 1. The summed E-state index contributed by atoms with van der Waals surface area (Å²) < 4.78 is 15.8. The van der Waals surface area contributed by atoms with Gasteiger partial charge in [0.2, 0.25) is 5.95 Å². The maximum Gasteiger partial charge on any atom is 0.268 e. The van der Waals surface area contributed by atoms with Crippen LogP contribution in [-0.2, 0) is 6.42 Å². The van der Waals surface area contributed by atoms with Crippen LogP contribution in [0, 0.1) is 5.82 Å². The van der Waals surface area contributed by atoms with Gasteiger partial charge in [0.25, 0.3) is 5.56 Å². The van der Waals surface area contributed by atoms with Crippen molar-refractivity contribution in [1.82, 2.24) is 14.5 Å². The molecule has 2 aromatic heterocycles. The van der Waals surface area contributed by atoms with E-state index < -0.39 is 0 Å². The van der Waals surface area contributed by atoms with Gasteiger partial charge in [0, 0.05) is 24.0 Å². The molecule has 5 nitrogen and oxygen atoms in total. The van der Waals surface area contributed by atoms with Crippen molar-refractivity contribution < 1.29 is 4.39 Å². The molecule has 3 aromatic carbocycles. The number of hydrogen-bond acceptors (Lipinski definition) is 5. The third-order valence-electron chi connectivity index (χ3n) is 8.61. The fourth-order valence-corrected chi connectivity index (χ4v) is 7.70. The van der Waals surface area contributed by atoms with Crippen molar-refractivity contribution in [3.05, 3.63) is 123 Å². The van der Waals surface area contributed by atoms with Crippen molar-refractivity contribution in [2.24, 2.45) is 0 Å². The molecular weight excluding hydrogens is 555 g/mol. The second-order valence-electron chi connectivity index (χ2n) is 11.5. The molecule has 1 aliphatic heterocycles. The largest absolute Gasteiger partial charge is 0.342 e. The molecular formula is C36H39FN4OS. The quantitative estimate of drug-likeness (QED) is 0.163. The molecule has 0 bridgehead atoms. The van der Waals surface area contributed by atoms with Gasteiger partial charge in [-0.05, 0) is 67.3 Å². The fraction of sp³-hybridized carbons (Fsp3) is 0.333. The average molecular weight is 595 g/mol. The van der Waals surface area contributed by atoms with E-state index in [9.17, 15) is 9.18 Å². The second kappa shape index (κ2) is 12.8. The average Bonchev–Trinajstić information content (AvgIpc) is 3.40. The van der Waals surface area contributed by atoms with Crippen molar-refractivity contribution in [2.45, 2.75) is 58.0 Å². The number of unbranched alkanes of at least 4 members (excludes halogenated alkanes) is 2. The van der Waals surface area contributed by atoms with E-state index in [1.165, 1.54) is 28.1 Å². The van der Waals surface area contributed by atoms with Gasteiger partial charge in [0.1, 0.15) is 10.6 Å². The number of rotatable bonds is 10. The summed E-state index contributed by atoms with van der Waals surface area (Å²) in [4.78, 5) is 26.7. The molecule has 0 fully saturated rings. The van der Waals surface area contributed by atoms with Crippen LogP contribution < -0.4 is 10.5 Å². The lowest BCUT2D eigenvalue weighted by Gasteiger charge is -2.40. The second-order valence-corrected chi connectivity index (χ2v) is 12.5. The minimum atomic E-state index is -0.325. The lowest BCUT2D eigenvalue weighted by atomic mass is 9.87. The van der Waals surface area contributed by atoms with E-state index in [2.05, 4.69) is 79.2 Å². The molecule has 0 amide bonds. The number of benzene rings is 3. The van der Waals surface area contributed by atoms with Crippen molar-refractivity contribution in [2.75, 3.05) is 25.0 Å². The highest BCUT2D eigenvalue weighted by atomic mass is 32.1. The summed E-state index contributed by atoms with van der Waals surface area (Å²) in [6, 6.07) is 27.4. The standard InChI is InChI=1S/C36H39FN4OS/c1-4-6-22-40(23-7-5-2)36-38-34-31(35(42)41(36)28-20-18-27(37)19-21-28)29-24-30(25-14-10-8-11-15-25)39(3)32(33(29)43-34)26-16-12-9-13-17-26/h8-21,30,32H,4-7,22-24H2,1-3H3/t30-,32-/m1/s1. The van der Waals surface area contributed by atoms with E-state index in [0.717, 1.165) is 49.2 Å². The number of hydrogen-bond donors (Lipinski definition) is 0. The summed E-state index contributed by atoms with van der Waals surface area (Å²) >= 11 is 1.65. The molecule has 5 aromatic rings. The number of likely N-dealkylation sites (N-methyl/N-ethyl adjacent to an activating group) is 1. The Kier molecular flexibility index (Phi) is 8.73. The van der Waals surface area contributed by atoms with Crippen molar-refractivity contribution in [3.8, 4) is 5.69 Å². The zero-order valence-electron chi connectivity index (χ0n) is 25.2. The predicted molar refractivity (Wildman–Crippen MR) is 176 cm³/mol. The SMILES string of the molecule is CCCCN(CCCC)c1nc2sc3c(c2c(=O)n1-c1ccc(F)cc1)C[C@H](c1ccccc1)N(C)[C@@H]3c1ccccc1. The van der Waals surface area contributed by atoms with Gasteiger partial charge < -0.3 is 4.90 Å². The van der Waals surface area contributed by atoms with Crippen LogP contribution in [0.15, 0.2) is 89.7 Å². The molecule has 0 saturated heterocycles. The molecule has 2 atom stereocenters. The van der Waals surface area contributed by atoms with Gasteiger partial charge in [-0.2, -0.15) is 0 Å². The van der Waals surface area contributed by atoms with Gasteiger partial charge in [0.15, 0.2) is 0 Å².